The van der Waals surface area contributed by atoms with Gasteiger partial charge in [-0.25, -0.2) is 4.98 Å². The second-order valence-electron chi connectivity index (χ2n) is 4.01. The van der Waals surface area contributed by atoms with Crippen LogP contribution in [0.3, 0.4) is 0 Å². The number of methoxy groups -OCH3 is 1. The highest BCUT2D eigenvalue weighted by Gasteiger charge is 2.16. The molecule has 0 saturated carbocycles. The molecule has 0 spiro atoms. The maximum absolute atomic E-state index is 11.6. The summed E-state index contributed by atoms with van der Waals surface area (Å²) in [6, 6.07) is 0. The lowest BCUT2D eigenvalue weighted by Gasteiger charge is -2.23. The fourth-order valence-corrected chi connectivity index (χ4v) is 0.988. The quantitative estimate of drug-likeness (QED) is 0.793. The van der Waals surface area contributed by atoms with Gasteiger partial charge in [-0.3, -0.25) is 4.79 Å². The Labute approximate surface area is 89.1 Å². The standard InChI is InChI=1S/C10H17N3O2/c1-10(2,15-4)7-12-8-9(14)13(3)6-5-11-8/h5-6H,7H2,1-4H3,(H,11,12). The first kappa shape index (κ1) is 11.7. The van der Waals surface area contributed by atoms with Gasteiger partial charge < -0.3 is 14.6 Å². The van der Waals surface area contributed by atoms with E-state index in [1.54, 1.807) is 26.6 Å². The van der Waals surface area contributed by atoms with Gasteiger partial charge in [0.1, 0.15) is 0 Å². The number of aromatic nitrogens is 2. The van der Waals surface area contributed by atoms with Gasteiger partial charge in [-0.1, -0.05) is 0 Å². The molecule has 5 heteroatoms. The van der Waals surface area contributed by atoms with Crippen molar-refractivity contribution in [1.29, 1.82) is 0 Å². The van der Waals surface area contributed by atoms with Crippen LogP contribution in [0.5, 0.6) is 0 Å². The van der Waals surface area contributed by atoms with Crippen molar-refractivity contribution in [2.24, 2.45) is 7.05 Å². The van der Waals surface area contributed by atoms with Gasteiger partial charge in [-0.2, -0.15) is 0 Å². The van der Waals surface area contributed by atoms with Crippen molar-refractivity contribution in [1.82, 2.24) is 9.55 Å². The normalized spacial score (nSPS) is 11.5. The molecular formula is C10H17N3O2. The molecule has 1 N–H and O–H groups in total. The van der Waals surface area contributed by atoms with Crippen LogP contribution < -0.4 is 10.9 Å². The lowest BCUT2D eigenvalue weighted by molar-refractivity contribution is 0.0343. The summed E-state index contributed by atoms with van der Waals surface area (Å²) in [5, 5.41) is 2.98. The number of nitrogens with one attached hydrogen (secondary N) is 1. The first-order chi connectivity index (χ1) is 6.96. The van der Waals surface area contributed by atoms with Crippen molar-refractivity contribution < 1.29 is 4.74 Å². The number of hydrogen-bond donors (Lipinski definition) is 1. The van der Waals surface area contributed by atoms with Gasteiger partial charge in [0.15, 0.2) is 5.82 Å². The highest BCUT2D eigenvalue weighted by Crippen LogP contribution is 2.07. The Hall–Kier alpha value is -1.36. The Morgan fingerprint density at radius 3 is 2.87 bits per heavy atom. The van der Waals surface area contributed by atoms with Crippen molar-refractivity contribution in [2.45, 2.75) is 19.4 Å². The SMILES string of the molecule is COC(C)(C)CNc1nccn(C)c1=O. The summed E-state index contributed by atoms with van der Waals surface area (Å²) in [4.78, 5) is 15.5. The highest BCUT2D eigenvalue weighted by molar-refractivity contribution is 5.31. The first-order valence-electron chi connectivity index (χ1n) is 4.77. The van der Waals surface area contributed by atoms with Crippen molar-refractivity contribution in [3.8, 4) is 0 Å². The number of rotatable bonds is 4. The summed E-state index contributed by atoms with van der Waals surface area (Å²) in [6.07, 6.45) is 3.21. The van der Waals surface area contributed by atoms with Crippen LogP contribution >= 0.6 is 0 Å². The van der Waals surface area contributed by atoms with Crippen LogP contribution in [-0.2, 0) is 11.8 Å². The second-order valence-corrected chi connectivity index (χ2v) is 4.01. The molecule has 0 atom stereocenters. The summed E-state index contributed by atoms with van der Waals surface area (Å²) in [5.41, 5.74) is -0.452. The molecule has 0 fully saturated rings. The molecule has 15 heavy (non-hydrogen) atoms. The van der Waals surface area contributed by atoms with E-state index < -0.39 is 0 Å². The average molecular weight is 211 g/mol. The van der Waals surface area contributed by atoms with Crippen LogP contribution in [0, 0.1) is 0 Å². The summed E-state index contributed by atoms with van der Waals surface area (Å²) in [7, 11) is 3.33. The van der Waals surface area contributed by atoms with Crippen molar-refractivity contribution in [2.75, 3.05) is 19.0 Å². The zero-order valence-electron chi connectivity index (χ0n) is 9.57. The molecule has 0 aromatic carbocycles. The van der Waals surface area contributed by atoms with Gasteiger partial charge in [0.05, 0.1) is 5.60 Å². The zero-order valence-corrected chi connectivity index (χ0v) is 9.57. The molecule has 1 aromatic heterocycles. The van der Waals surface area contributed by atoms with Gasteiger partial charge in [0.2, 0.25) is 0 Å². The molecule has 5 nitrogen and oxygen atoms in total. The molecule has 0 bridgehead atoms. The number of nitrogens with zero attached hydrogens (tertiary/aromatic N) is 2. The predicted molar refractivity (Wildman–Crippen MR) is 59.1 cm³/mol. The molecule has 0 aliphatic heterocycles. The molecular weight excluding hydrogens is 194 g/mol. The lowest BCUT2D eigenvalue weighted by Crippen LogP contribution is -2.34. The Morgan fingerprint density at radius 1 is 1.60 bits per heavy atom. The molecule has 1 aromatic rings. The highest BCUT2D eigenvalue weighted by atomic mass is 16.5. The van der Waals surface area contributed by atoms with E-state index in [2.05, 4.69) is 10.3 Å². The van der Waals surface area contributed by atoms with E-state index in [4.69, 9.17) is 4.74 Å². The van der Waals surface area contributed by atoms with Gasteiger partial charge >= 0.3 is 0 Å². The Balaban J connectivity index is 2.75. The molecule has 0 radical (unpaired) electrons. The molecule has 84 valence electrons. The summed E-state index contributed by atoms with van der Waals surface area (Å²) < 4.78 is 6.71. The molecule has 1 heterocycles. The largest absolute Gasteiger partial charge is 0.377 e. The van der Waals surface area contributed by atoms with E-state index >= 15 is 0 Å². The van der Waals surface area contributed by atoms with E-state index in [0.29, 0.717) is 12.4 Å². The van der Waals surface area contributed by atoms with Gasteiger partial charge in [-0.15, -0.1) is 0 Å². The van der Waals surface area contributed by atoms with Gasteiger partial charge in [0.25, 0.3) is 5.56 Å². The maximum atomic E-state index is 11.6. The number of hydrogen-bond acceptors (Lipinski definition) is 4. The van der Waals surface area contributed by atoms with Crippen LogP contribution in [-0.4, -0.2) is 28.8 Å². The Bertz CT molecular complexity index is 384. The summed E-state index contributed by atoms with van der Waals surface area (Å²) in [5.74, 6) is 0.352. The number of anilines is 1. The lowest BCUT2D eigenvalue weighted by atomic mass is 10.1. The monoisotopic (exact) mass is 211 g/mol. The average Bonchev–Trinajstić information content (AvgIpc) is 2.20. The van der Waals surface area contributed by atoms with E-state index in [9.17, 15) is 4.79 Å². The van der Waals surface area contributed by atoms with Crippen LogP contribution in [0.1, 0.15) is 13.8 Å². The van der Waals surface area contributed by atoms with Crippen LogP contribution in [0.25, 0.3) is 0 Å². The Kier molecular flexibility index (Phi) is 3.47. The number of ether oxygens (including phenoxy) is 1. The minimum absolute atomic E-state index is 0.135. The third kappa shape index (κ3) is 3.06. The van der Waals surface area contributed by atoms with Crippen molar-refractivity contribution in [3.63, 3.8) is 0 Å². The summed E-state index contributed by atoms with van der Waals surface area (Å²) in [6.45, 7) is 4.41. The molecule has 0 aliphatic rings. The van der Waals surface area contributed by atoms with Gasteiger partial charge in [0, 0.05) is 33.1 Å². The van der Waals surface area contributed by atoms with Crippen LogP contribution in [0.4, 0.5) is 5.82 Å². The first-order valence-corrected chi connectivity index (χ1v) is 4.77. The van der Waals surface area contributed by atoms with Crippen LogP contribution in [0.15, 0.2) is 17.2 Å². The third-order valence-electron chi connectivity index (χ3n) is 2.25. The molecule has 0 aliphatic carbocycles. The minimum atomic E-state index is -0.317. The topological polar surface area (TPSA) is 56.1 Å². The Morgan fingerprint density at radius 2 is 2.27 bits per heavy atom. The fourth-order valence-electron chi connectivity index (χ4n) is 0.988. The molecule has 0 saturated heterocycles. The third-order valence-corrected chi connectivity index (χ3v) is 2.25. The van der Waals surface area contributed by atoms with Gasteiger partial charge in [-0.05, 0) is 13.8 Å². The van der Waals surface area contributed by atoms with E-state index in [1.807, 2.05) is 13.8 Å². The second kappa shape index (κ2) is 4.44. The maximum Gasteiger partial charge on any atom is 0.293 e. The zero-order chi connectivity index (χ0) is 11.5. The molecule has 1 rings (SSSR count). The molecule has 0 amide bonds. The number of aryl methyl sites for hydroxylation is 1. The molecule has 0 unspecified atom stereocenters. The van der Waals surface area contributed by atoms with Crippen molar-refractivity contribution in [3.05, 3.63) is 22.7 Å². The van der Waals surface area contributed by atoms with E-state index in [1.165, 1.54) is 4.57 Å². The predicted octanol–water partition coefficient (Wildman–Crippen LogP) is 0.617. The smallest absolute Gasteiger partial charge is 0.293 e. The van der Waals surface area contributed by atoms with Crippen molar-refractivity contribution >= 4 is 5.82 Å². The van der Waals surface area contributed by atoms with E-state index in [-0.39, 0.29) is 11.2 Å². The summed E-state index contributed by atoms with van der Waals surface area (Å²) >= 11 is 0. The minimum Gasteiger partial charge on any atom is -0.377 e. The van der Waals surface area contributed by atoms with Crippen LogP contribution in [0.2, 0.25) is 0 Å². The fraction of sp³-hybridized carbons (Fsp3) is 0.600. The van der Waals surface area contributed by atoms with E-state index in [0.717, 1.165) is 0 Å².